The van der Waals surface area contributed by atoms with Crippen LogP contribution in [0.2, 0.25) is 0 Å². The van der Waals surface area contributed by atoms with Gasteiger partial charge in [-0.3, -0.25) is 0 Å². The van der Waals surface area contributed by atoms with Gasteiger partial charge in [0.2, 0.25) is 12.0 Å². The normalized spacial score (nSPS) is 21.1. The minimum atomic E-state index is -1.01. The van der Waals surface area contributed by atoms with Crippen molar-refractivity contribution in [1.82, 2.24) is 0 Å². The fraction of sp³-hybridized carbons (Fsp3) is 0.125. The average Bonchev–Trinajstić information content (AvgIpc) is 2.94. The summed E-state index contributed by atoms with van der Waals surface area (Å²) in [5.74, 6) is -0.625. The number of benzene rings is 2. The van der Waals surface area contributed by atoms with Gasteiger partial charge in [-0.25, -0.2) is 9.79 Å². The van der Waals surface area contributed by atoms with E-state index in [1.807, 2.05) is 60.7 Å². The van der Waals surface area contributed by atoms with Crippen LogP contribution in [0.3, 0.4) is 0 Å². The molecule has 0 radical (unpaired) electrons. The van der Waals surface area contributed by atoms with E-state index in [4.69, 9.17) is 4.74 Å². The van der Waals surface area contributed by atoms with Gasteiger partial charge < -0.3 is 9.84 Å². The van der Waals surface area contributed by atoms with Crippen LogP contribution in [0.5, 0.6) is 0 Å². The second kappa shape index (κ2) is 5.17. The lowest BCUT2D eigenvalue weighted by atomic mass is 10.0. The molecule has 0 saturated carbocycles. The fourth-order valence-electron chi connectivity index (χ4n) is 2.22. The van der Waals surface area contributed by atoms with E-state index in [0.29, 0.717) is 5.90 Å². The topological polar surface area (TPSA) is 58.9 Å². The van der Waals surface area contributed by atoms with Crippen molar-refractivity contribution < 1.29 is 14.6 Å². The van der Waals surface area contributed by atoms with Gasteiger partial charge in [0, 0.05) is 5.56 Å². The van der Waals surface area contributed by atoms with Crippen molar-refractivity contribution in [2.75, 3.05) is 0 Å². The minimum Gasteiger partial charge on any atom is -0.478 e. The largest absolute Gasteiger partial charge is 0.478 e. The Labute approximate surface area is 116 Å². The summed E-state index contributed by atoms with van der Waals surface area (Å²) in [5, 5.41) is 9.31. The van der Waals surface area contributed by atoms with Crippen molar-refractivity contribution in [3.63, 3.8) is 0 Å². The molecule has 4 heteroatoms. The first-order valence-electron chi connectivity index (χ1n) is 6.33. The Morgan fingerprint density at radius 3 is 2.20 bits per heavy atom. The zero-order valence-electron chi connectivity index (χ0n) is 10.6. The third-order valence-corrected chi connectivity index (χ3v) is 3.19. The molecule has 1 aliphatic heterocycles. The number of carboxylic acids is 1. The summed E-state index contributed by atoms with van der Waals surface area (Å²) in [7, 11) is 0. The van der Waals surface area contributed by atoms with Crippen LogP contribution >= 0.6 is 0 Å². The van der Waals surface area contributed by atoms with Crippen LogP contribution < -0.4 is 0 Å². The Morgan fingerprint density at radius 2 is 1.60 bits per heavy atom. The van der Waals surface area contributed by atoms with E-state index in [1.165, 1.54) is 0 Å². The number of carboxylic acid groups (broad SMARTS) is 1. The molecule has 0 amide bonds. The second-order valence-corrected chi connectivity index (χ2v) is 4.53. The highest BCUT2D eigenvalue weighted by atomic mass is 16.5. The summed E-state index contributed by atoms with van der Waals surface area (Å²) in [6.45, 7) is 0. The third-order valence-electron chi connectivity index (χ3n) is 3.19. The number of aliphatic carboxylic acids is 1. The molecule has 20 heavy (non-hydrogen) atoms. The summed E-state index contributed by atoms with van der Waals surface area (Å²) in [6, 6.07) is 18.2. The molecule has 0 aromatic heterocycles. The highest BCUT2D eigenvalue weighted by molar-refractivity contribution is 5.97. The van der Waals surface area contributed by atoms with Crippen LogP contribution in [0.4, 0.5) is 0 Å². The Bertz CT molecular complexity index is 637. The summed E-state index contributed by atoms with van der Waals surface area (Å²) in [4.78, 5) is 15.8. The second-order valence-electron chi connectivity index (χ2n) is 4.53. The van der Waals surface area contributed by atoms with E-state index >= 15 is 0 Å². The van der Waals surface area contributed by atoms with E-state index in [9.17, 15) is 9.90 Å². The molecular formula is C16H13NO3. The van der Waals surface area contributed by atoms with Crippen LogP contribution in [-0.2, 0) is 9.53 Å². The molecule has 0 unspecified atom stereocenters. The molecule has 0 saturated heterocycles. The van der Waals surface area contributed by atoms with Crippen LogP contribution in [0, 0.1) is 0 Å². The zero-order valence-corrected chi connectivity index (χ0v) is 10.6. The number of rotatable bonds is 3. The van der Waals surface area contributed by atoms with Gasteiger partial charge in [0.05, 0.1) is 0 Å². The first-order valence-corrected chi connectivity index (χ1v) is 6.33. The highest BCUT2D eigenvalue weighted by Gasteiger charge is 2.38. The van der Waals surface area contributed by atoms with Crippen molar-refractivity contribution in [3.8, 4) is 0 Å². The lowest BCUT2D eigenvalue weighted by Crippen LogP contribution is -2.26. The fourth-order valence-corrected chi connectivity index (χ4v) is 2.22. The third kappa shape index (κ3) is 2.28. The molecule has 1 N–H and O–H groups in total. The predicted molar refractivity (Wildman–Crippen MR) is 74.7 cm³/mol. The summed E-state index contributed by atoms with van der Waals surface area (Å²) < 4.78 is 5.53. The molecule has 1 heterocycles. The monoisotopic (exact) mass is 267 g/mol. The molecule has 0 aliphatic carbocycles. The summed E-state index contributed by atoms with van der Waals surface area (Å²) in [5.41, 5.74) is 1.63. The molecule has 3 rings (SSSR count). The number of aliphatic imine (C=N–C) groups is 1. The smallest absolute Gasteiger partial charge is 0.347 e. The summed E-state index contributed by atoms with van der Waals surface area (Å²) >= 11 is 0. The molecule has 4 nitrogen and oxygen atoms in total. The van der Waals surface area contributed by atoms with Crippen LogP contribution in [0.1, 0.15) is 17.2 Å². The van der Waals surface area contributed by atoms with E-state index < -0.39 is 18.1 Å². The van der Waals surface area contributed by atoms with Gasteiger partial charge in [-0.2, -0.15) is 0 Å². The number of hydrogen-bond donors (Lipinski definition) is 1. The highest BCUT2D eigenvalue weighted by Crippen LogP contribution is 2.31. The standard InChI is InChI=1S/C16H13NO3/c18-16(19)14-13(11-7-3-1-4-8-11)17-15(20-14)12-9-5-2-6-10-12/h1-10,13-14H,(H,18,19)/t13-,14+/m1/s1. The number of ether oxygens (including phenoxy) is 1. The first-order chi connectivity index (χ1) is 9.75. The quantitative estimate of drug-likeness (QED) is 0.930. The Hall–Kier alpha value is -2.62. The van der Waals surface area contributed by atoms with Gasteiger partial charge in [-0.1, -0.05) is 48.5 Å². The molecule has 0 spiro atoms. The molecule has 2 atom stereocenters. The lowest BCUT2D eigenvalue weighted by Gasteiger charge is -2.13. The molecule has 2 aromatic carbocycles. The van der Waals surface area contributed by atoms with Gasteiger partial charge >= 0.3 is 5.97 Å². The van der Waals surface area contributed by atoms with Gasteiger partial charge in [0.25, 0.3) is 0 Å². The van der Waals surface area contributed by atoms with E-state index in [1.54, 1.807) is 0 Å². The van der Waals surface area contributed by atoms with Crippen molar-refractivity contribution >= 4 is 11.9 Å². The van der Waals surface area contributed by atoms with Crippen molar-refractivity contribution in [2.24, 2.45) is 4.99 Å². The molecule has 2 aromatic rings. The number of carbonyl (C=O) groups is 1. The molecule has 100 valence electrons. The van der Waals surface area contributed by atoms with Crippen molar-refractivity contribution in [1.29, 1.82) is 0 Å². The summed E-state index contributed by atoms with van der Waals surface area (Å²) in [6.07, 6.45) is -0.979. The SMILES string of the molecule is O=C(O)[C@H]1OC(c2ccccc2)=N[C@@H]1c1ccccc1. The van der Waals surface area contributed by atoms with Crippen LogP contribution in [-0.4, -0.2) is 23.1 Å². The van der Waals surface area contributed by atoms with Crippen molar-refractivity contribution in [3.05, 3.63) is 71.8 Å². The van der Waals surface area contributed by atoms with E-state index in [-0.39, 0.29) is 0 Å². The Kier molecular flexibility index (Phi) is 3.21. The van der Waals surface area contributed by atoms with Gasteiger partial charge in [-0.05, 0) is 17.7 Å². The number of hydrogen-bond acceptors (Lipinski definition) is 3. The Balaban J connectivity index is 1.98. The maximum atomic E-state index is 11.4. The van der Waals surface area contributed by atoms with Crippen molar-refractivity contribution in [2.45, 2.75) is 12.1 Å². The molecule has 0 bridgehead atoms. The van der Waals surface area contributed by atoms with Gasteiger partial charge in [-0.15, -0.1) is 0 Å². The zero-order chi connectivity index (χ0) is 13.9. The molecular weight excluding hydrogens is 254 g/mol. The molecule has 1 aliphatic rings. The lowest BCUT2D eigenvalue weighted by molar-refractivity contribution is -0.145. The Morgan fingerprint density at radius 1 is 1.00 bits per heavy atom. The maximum absolute atomic E-state index is 11.4. The minimum absolute atomic E-state index is 0.381. The van der Waals surface area contributed by atoms with E-state index in [2.05, 4.69) is 4.99 Å². The molecule has 0 fully saturated rings. The van der Waals surface area contributed by atoms with E-state index in [0.717, 1.165) is 11.1 Å². The van der Waals surface area contributed by atoms with Crippen LogP contribution in [0.15, 0.2) is 65.7 Å². The van der Waals surface area contributed by atoms with Gasteiger partial charge in [0.1, 0.15) is 6.04 Å². The maximum Gasteiger partial charge on any atom is 0.347 e. The first kappa shape index (κ1) is 12.4. The average molecular weight is 267 g/mol. The number of nitrogens with zero attached hydrogens (tertiary/aromatic N) is 1. The predicted octanol–water partition coefficient (Wildman–Crippen LogP) is 2.66. The van der Waals surface area contributed by atoms with Crippen LogP contribution in [0.25, 0.3) is 0 Å². The van der Waals surface area contributed by atoms with Gasteiger partial charge in [0.15, 0.2) is 0 Å².